The van der Waals surface area contributed by atoms with E-state index in [2.05, 4.69) is 11.9 Å². The first-order chi connectivity index (χ1) is 11.7. The molecule has 2 rings (SSSR count). The molecule has 0 aliphatic heterocycles. The molecule has 0 bridgehead atoms. The smallest absolute Gasteiger partial charge is 0.244 e. The summed E-state index contributed by atoms with van der Waals surface area (Å²) < 4.78 is 18.4. The van der Waals surface area contributed by atoms with E-state index in [0.29, 0.717) is 19.6 Å². The number of carbonyl (C=O) groups is 1. The van der Waals surface area contributed by atoms with Crippen LogP contribution >= 0.6 is 0 Å². The van der Waals surface area contributed by atoms with Gasteiger partial charge in [-0.1, -0.05) is 36.9 Å². The molecule has 0 aromatic heterocycles. The number of hydrogen-bond donors (Lipinski definition) is 1. The standard InChI is InChI=1S/C20H20FNO2/c1-2-14-24-19-9-6-16(7-10-19)8-11-20(23)22-13-12-17-4-3-5-18(21)15-17/h2-11,15H,1,12-14H2,(H,22,23)/b11-8+. The van der Waals surface area contributed by atoms with Crippen molar-refractivity contribution in [2.75, 3.05) is 13.2 Å². The van der Waals surface area contributed by atoms with Gasteiger partial charge in [0.1, 0.15) is 18.2 Å². The van der Waals surface area contributed by atoms with Crippen LogP contribution in [0.3, 0.4) is 0 Å². The number of carbonyl (C=O) groups excluding carboxylic acids is 1. The Morgan fingerprint density at radius 1 is 1.21 bits per heavy atom. The van der Waals surface area contributed by atoms with Crippen LogP contribution in [-0.2, 0) is 11.2 Å². The molecule has 0 aliphatic rings. The molecule has 2 aromatic rings. The van der Waals surface area contributed by atoms with Gasteiger partial charge >= 0.3 is 0 Å². The normalized spacial score (nSPS) is 10.5. The van der Waals surface area contributed by atoms with Crippen molar-refractivity contribution in [3.05, 3.63) is 84.2 Å². The molecule has 124 valence electrons. The third kappa shape index (κ3) is 6.08. The fraction of sp³-hybridized carbons (Fsp3) is 0.150. The second kappa shape index (κ2) is 9.30. The molecule has 0 atom stereocenters. The summed E-state index contributed by atoms with van der Waals surface area (Å²) in [6, 6.07) is 13.8. The third-order valence-corrected chi connectivity index (χ3v) is 3.28. The number of hydrogen-bond acceptors (Lipinski definition) is 2. The average Bonchev–Trinajstić information content (AvgIpc) is 2.59. The number of halogens is 1. The maximum Gasteiger partial charge on any atom is 0.244 e. The highest BCUT2D eigenvalue weighted by Crippen LogP contribution is 2.13. The Kier molecular flexibility index (Phi) is 6.77. The Labute approximate surface area is 141 Å². The van der Waals surface area contributed by atoms with E-state index in [-0.39, 0.29) is 11.7 Å². The van der Waals surface area contributed by atoms with E-state index < -0.39 is 0 Å². The Morgan fingerprint density at radius 2 is 2.00 bits per heavy atom. The molecule has 2 aromatic carbocycles. The summed E-state index contributed by atoms with van der Waals surface area (Å²) >= 11 is 0. The van der Waals surface area contributed by atoms with Gasteiger partial charge in [-0.2, -0.15) is 0 Å². The van der Waals surface area contributed by atoms with Crippen LogP contribution in [-0.4, -0.2) is 19.1 Å². The van der Waals surface area contributed by atoms with Crippen molar-refractivity contribution < 1.29 is 13.9 Å². The quantitative estimate of drug-likeness (QED) is 0.593. The monoisotopic (exact) mass is 325 g/mol. The SMILES string of the molecule is C=CCOc1ccc(/C=C/C(=O)NCCc2cccc(F)c2)cc1. The number of nitrogens with one attached hydrogen (secondary N) is 1. The van der Waals surface area contributed by atoms with E-state index in [1.807, 2.05) is 30.3 Å². The molecule has 0 saturated heterocycles. The van der Waals surface area contributed by atoms with E-state index >= 15 is 0 Å². The molecule has 0 spiro atoms. The zero-order valence-electron chi connectivity index (χ0n) is 13.4. The summed E-state index contributed by atoms with van der Waals surface area (Å²) in [5, 5.41) is 2.78. The van der Waals surface area contributed by atoms with Gasteiger partial charge < -0.3 is 10.1 Å². The number of rotatable bonds is 8. The molecule has 4 heteroatoms. The predicted octanol–water partition coefficient (Wildman–Crippen LogP) is 3.76. The highest BCUT2D eigenvalue weighted by molar-refractivity contribution is 5.91. The van der Waals surface area contributed by atoms with Gasteiger partial charge in [0.2, 0.25) is 5.91 Å². The first-order valence-electron chi connectivity index (χ1n) is 7.71. The van der Waals surface area contributed by atoms with E-state index in [4.69, 9.17) is 4.74 Å². The second-order valence-corrected chi connectivity index (χ2v) is 5.17. The average molecular weight is 325 g/mol. The van der Waals surface area contributed by atoms with E-state index in [0.717, 1.165) is 16.9 Å². The van der Waals surface area contributed by atoms with Crippen molar-refractivity contribution in [3.8, 4) is 5.75 Å². The second-order valence-electron chi connectivity index (χ2n) is 5.17. The highest BCUT2D eigenvalue weighted by atomic mass is 19.1. The van der Waals surface area contributed by atoms with Gasteiger partial charge in [-0.05, 0) is 47.9 Å². The Hall–Kier alpha value is -2.88. The maximum atomic E-state index is 13.0. The zero-order valence-corrected chi connectivity index (χ0v) is 13.4. The molecule has 0 radical (unpaired) electrons. The summed E-state index contributed by atoms with van der Waals surface area (Å²) in [6.45, 7) is 4.51. The molecule has 0 fully saturated rings. The van der Waals surface area contributed by atoms with Crippen molar-refractivity contribution in [2.45, 2.75) is 6.42 Å². The van der Waals surface area contributed by atoms with E-state index in [1.165, 1.54) is 18.2 Å². The van der Waals surface area contributed by atoms with Crippen LogP contribution in [0.15, 0.2) is 67.3 Å². The van der Waals surface area contributed by atoms with Gasteiger partial charge in [0.15, 0.2) is 0 Å². The van der Waals surface area contributed by atoms with Crippen LogP contribution in [0.5, 0.6) is 5.75 Å². The van der Waals surface area contributed by atoms with Crippen LogP contribution in [0.2, 0.25) is 0 Å². The van der Waals surface area contributed by atoms with Gasteiger partial charge in [0.25, 0.3) is 0 Å². The van der Waals surface area contributed by atoms with Gasteiger partial charge in [0, 0.05) is 12.6 Å². The minimum atomic E-state index is -0.265. The van der Waals surface area contributed by atoms with Crippen LogP contribution in [0.1, 0.15) is 11.1 Å². The summed E-state index contributed by atoms with van der Waals surface area (Å²) in [7, 11) is 0. The van der Waals surface area contributed by atoms with Gasteiger partial charge in [-0.15, -0.1) is 0 Å². The summed E-state index contributed by atoms with van der Waals surface area (Å²) in [5.41, 5.74) is 1.76. The molecular formula is C20H20FNO2. The molecule has 0 aliphatic carbocycles. The van der Waals surface area contributed by atoms with Crippen molar-refractivity contribution in [3.63, 3.8) is 0 Å². The lowest BCUT2D eigenvalue weighted by Crippen LogP contribution is -2.23. The molecule has 24 heavy (non-hydrogen) atoms. The Bertz CT molecular complexity index is 708. The largest absolute Gasteiger partial charge is 0.490 e. The van der Waals surface area contributed by atoms with E-state index in [9.17, 15) is 9.18 Å². The number of ether oxygens (including phenoxy) is 1. The van der Waals surface area contributed by atoms with Gasteiger partial charge in [-0.3, -0.25) is 4.79 Å². The Morgan fingerprint density at radius 3 is 2.71 bits per heavy atom. The summed E-state index contributed by atoms with van der Waals surface area (Å²) in [5.74, 6) is 0.309. The molecular weight excluding hydrogens is 305 g/mol. The van der Waals surface area contributed by atoms with Crippen LogP contribution < -0.4 is 10.1 Å². The summed E-state index contributed by atoms with van der Waals surface area (Å²) in [4.78, 5) is 11.8. The van der Waals surface area contributed by atoms with Gasteiger partial charge in [-0.25, -0.2) is 4.39 Å². The first kappa shape index (κ1) is 17.5. The fourth-order valence-corrected chi connectivity index (χ4v) is 2.08. The zero-order chi connectivity index (χ0) is 17.2. The molecule has 0 saturated carbocycles. The van der Waals surface area contributed by atoms with Crippen LogP contribution in [0.25, 0.3) is 6.08 Å². The molecule has 1 amide bonds. The van der Waals surface area contributed by atoms with E-state index in [1.54, 1.807) is 18.2 Å². The van der Waals surface area contributed by atoms with Crippen molar-refractivity contribution in [1.29, 1.82) is 0 Å². The first-order valence-corrected chi connectivity index (χ1v) is 7.71. The topological polar surface area (TPSA) is 38.3 Å². The third-order valence-electron chi connectivity index (χ3n) is 3.28. The highest BCUT2D eigenvalue weighted by Gasteiger charge is 1.98. The molecule has 3 nitrogen and oxygen atoms in total. The minimum absolute atomic E-state index is 0.182. The lowest BCUT2D eigenvalue weighted by Gasteiger charge is -2.04. The fourth-order valence-electron chi connectivity index (χ4n) is 2.08. The lowest BCUT2D eigenvalue weighted by molar-refractivity contribution is -0.116. The molecule has 1 N–H and O–H groups in total. The molecule has 0 unspecified atom stereocenters. The van der Waals surface area contributed by atoms with Crippen LogP contribution in [0, 0.1) is 5.82 Å². The van der Waals surface area contributed by atoms with Crippen molar-refractivity contribution in [1.82, 2.24) is 5.32 Å². The maximum absolute atomic E-state index is 13.0. The number of benzene rings is 2. The lowest BCUT2D eigenvalue weighted by atomic mass is 10.1. The van der Waals surface area contributed by atoms with Crippen molar-refractivity contribution >= 4 is 12.0 Å². The Balaban J connectivity index is 1.77. The van der Waals surface area contributed by atoms with Crippen molar-refractivity contribution in [2.24, 2.45) is 0 Å². The van der Waals surface area contributed by atoms with Gasteiger partial charge in [0.05, 0.1) is 0 Å². The van der Waals surface area contributed by atoms with Crippen LogP contribution in [0.4, 0.5) is 4.39 Å². The summed E-state index contributed by atoms with van der Waals surface area (Å²) in [6.07, 6.45) is 5.48. The molecule has 0 heterocycles. The minimum Gasteiger partial charge on any atom is -0.490 e. The predicted molar refractivity (Wildman–Crippen MR) is 94.3 cm³/mol. The number of amides is 1.